The fourth-order valence-electron chi connectivity index (χ4n) is 2.34. The zero-order valence-electron chi connectivity index (χ0n) is 11.2. The van der Waals surface area contributed by atoms with Crippen LogP contribution in [0.5, 0.6) is 0 Å². The second-order valence-electron chi connectivity index (χ2n) is 4.83. The van der Waals surface area contributed by atoms with Crippen LogP contribution in [-0.2, 0) is 0 Å². The quantitative estimate of drug-likeness (QED) is 0.754. The van der Waals surface area contributed by atoms with Gasteiger partial charge in [0.1, 0.15) is 0 Å². The molecule has 5 heteroatoms. The maximum atomic E-state index is 4.78. The standard InChI is InChI=1S/C16H13N3S2/c1-2-4-11(5-3-1)14-9-20-16(19-14)18-12-6-7-13-15(8-12)21-10-17-13/h1-8,10,14H,9H2,(H,18,19). The number of aromatic nitrogens is 1. The molecule has 3 nitrogen and oxygen atoms in total. The van der Waals surface area contributed by atoms with Crippen LogP contribution in [0.4, 0.5) is 5.69 Å². The Kier molecular flexibility index (Phi) is 3.37. The number of nitrogens with one attached hydrogen (secondary N) is 1. The van der Waals surface area contributed by atoms with Gasteiger partial charge in [0, 0.05) is 11.4 Å². The minimum atomic E-state index is 0.255. The fourth-order valence-corrected chi connectivity index (χ4v) is 4.04. The van der Waals surface area contributed by atoms with E-state index in [1.165, 1.54) is 10.3 Å². The van der Waals surface area contributed by atoms with Gasteiger partial charge in [-0.15, -0.1) is 11.3 Å². The van der Waals surface area contributed by atoms with Crippen molar-refractivity contribution in [3.8, 4) is 0 Å². The Morgan fingerprint density at radius 1 is 1.10 bits per heavy atom. The Bertz CT molecular complexity index is 795. The maximum Gasteiger partial charge on any atom is 0.161 e. The van der Waals surface area contributed by atoms with Crippen LogP contribution in [0.25, 0.3) is 10.2 Å². The number of fused-ring (bicyclic) bond motifs is 1. The van der Waals surface area contributed by atoms with Gasteiger partial charge in [-0.3, -0.25) is 4.99 Å². The first-order chi connectivity index (χ1) is 10.4. The third-order valence-corrected chi connectivity index (χ3v) is 5.17. The average molecular weight is 311 g/mol. The summed E-state index contributed by atoms with van der Waals surface area (Å²) in [5.41, 5.74) is 5.28. The summed E-state index contributed by atoms with van der Waals surface area (Å²) in [5, 5.41) is 4.41. The number of aliphatic imine (C=N–C) groups is 1. The van der Waals surface area contributed by atoms with E-state index >= 15 is 0 Å². The molecule has 0 bridgehead atoms. The zero-order chi connectivity index (χ0) is 14.1. The number of hydrogen-bond donors (Lipinski definition) is 1. The molecule has 0 amide bonds. The van der Waals surface area contributed by atoms with E-state index in [9.17, 15) is 0 Å². The average Bonchev–Trinajstić information content (AvgIpc) is 3.17. The second-order valence-corrected chi connectivity index (χ2v) is 6.73. The van der Waals surface area contributed by atoms with E-state index in [-0.39, 0.29) is 6.04 Å². The Balaban J connectivity index is 1.54. The molecular formula is C16H13N3S2. The lowest BCUT2D eigenvalue weighted by molar-refractivity contribution is 0.849. The topological polar surface area (TPSA) is 37.3 Å². The maximum absolute atomic E-state index is 4.78. The molecule has 2 heterocycles. The lowest BCUT2D eigenvalue weighted by Crippen LogP contribution is -2.04. The predicted octanol–water partition coefficient (Wildman–Crippen LogP) is 4.55. The number of hydrogen-bond acceptors (Lipinski definition) is 5. The van der Waals surface area contributed by atoms with Crippen molar-refractivity contribution >= 4 is 44.2 Å². The van der Waals surface area contributed by atoms with Crippen LogP contribution in [0.1, 0.15) is 11.6 Å². The van der Waals surface area contributed by atoms with Crippen molar-refractivity contribution in [3.63, 3.8) is 0 Å². The molecule has 1 atom stereocenters. The normalized spacial score (nSPS) is 17.9. The highest BCUT2D eigenvalue weighted by atomic mass is 32.2. The van der Waals surface area contributed by atoms with Gasteiger partial charge < -0.3 is 5.32 Å². The molecule has 3 aromatic rings. The highest BCUT2D eigenvalue weighted by Crippen LogP contribution is 2.31. The molecule has 1 unspecified atom stereocenters. The van der Waals surface area contributed by atoms with Crippen LogP contribution < -0.4 is 5.32 Å². The summed E-state index contributed by atoms with van der Waals surface area (Å²) in [6.45, 7) is 0. The molecule has 0 radical (unpaired) electrons. The number of nitrogens with zero attached hydrogens (tertiary/aromatic N) is 2. The minimum Gasteiger partial charge on any atom is -0.335 e. The highest BCUT2D eigenvalue weighted by Gasteiger charge is 2.19. The summed E-state index contributed by atoms with van der Waals surface area (Å²) in [5.74, 6) is 0.995. The number of thiazole rings is 1. The Morgan fingerprint density at radius 3 is 2.90 bits per heavy atom. The van der Waals surface area contributed by atoms with Crippen LogP contribution in [0.3, 0.4) is 0 Å². The van der Waals surface area contributed by atoms with Gasteiger partial charge in [0.25, 0.3) is 0 Å². The van der Waals surface area contributed by atoms with Crippen LogP contribution in [0, 0.1) is 0 Å². The summed E-state index contributed by atoms with van der Waals surface area (Å²) in [4.78, 5) is 9.08. The van der Waals surface area contributed by atoms with Crippen molar-refractivity contribution in [2.24, 2.45) is 4.99 Å². The first-order valence-corrected chi connectivity index (χ1v) is 8.61. The van der Waals surface area contributed by atoms with Gasteiger partial charge in [-0.05, 0) is 23.8 Å². The molecule has 21 heavy (non-hydrogen) atoms. The number of anilines is 1. The summed E-state index contributed by atoms with van der Waals surface area (Å²) in [6, 6.07) is 16.9. The SMILES string of the molecule is c1ccc(C2CSC(Nc3ccc4ncsc4c3)=N2)cc1. The first-order valence-electron chi connectivity index (χ1n) is 6.74. The monoisotopic (exact) mass is 311 g/mol. The molecule has 0 saturated heterocycles. The summed E-state index contributed by atoms with van der Waals surface area (Å²) in [6.07, 6.45) is 0. The largest absolute Gasteiger partial charge is 0.335 e. The summed E-state index contributed by atoms with van der Waals surface area (Å²) in [7, 11) is 0. The Hall–Kier alpha value is -1.85. The molecule has 0 aliphatic carbocycles. The van der Waals surface area contributed by atoms with E-state index in [1.807, 2.05) is 17.6 Å². The van der Waals surface area contributed by atoms with Gasteiger partial charge in [-0.1, -0.05) is 42.1 Å². The van der Waals surface area contributed by atoms with Crippen molar-refractivity contribution in [2.75, 3.05) is 11.1 Å². The number of amidine groups is 1. The smallest absolute Gasteiger partial charge is 0.161 e. The molecule has 2 aromatic carbocycles. The van der Waals surface area contributed by atoms with Crippen molar-refractivity contribution in [1.29, 1.82) is 0 Å². The van der Waals surface area contributed by atoms with Crippen LogP contribution >= 0.6 is 23.1 Å². The number of rotatable bonds is 2. The van der Waals surface area contributed by atoms with E-state index in [0.717, 1.165) is 22.1 Å². The molecule has 0 saturated carbocycles. The third kappa shape index (κ3) is 2.66. The fraction of sp³-hybridized carbons (Fsp3) is 0.125. The molecule has 0 fully saturated rings. The molecule has 4 rings (SSSR count). The first kappa shape index (κ1) is 12.9. The van der Waals surface area contributed by atoms with Gasteiger partial charge in [-0.2, -0.15) is 0 Å². The van der Waals surface area contributed by atoms with Gasteiger partial charge >= 0.3 is 0 Å². The molecular weight excluding hydrogens is 298 g/mol. The van der Waals surface area contributed by atoms with Crippen LogP contribution in [-0.4, -0.2) is 15.9 Å². The van der Waals surface area contributed by atoms with Gasteiger partial charge in [0.2, 0.25) is 0 Å². The number of benzene rings is 2. The highest BCUT2D eigenvalue weighted by molar-refractivity contribution is 8.14. The molecule has 1 aliphatic heterocycles. The van der Waals surface area contributed by atoms with Crippen molar-refractivity contribution in [1.82, 2.24) is 4.98 Å². The predicted molar refractivity (Wildman–Crippen MR) is 92.3 cm³/mol. The van der Waals surface area contributed by atoms with Crippen LogP contribution in [0.2, 0.25) is 0 Å². The Morgan fingerprint density at radius 2 is 2.00 bits per heavy atom. The molecule has 1 aliphatic rings. The van der Waals surface area contributed by atoms with E-state index in [4.69, 9.17) is 4.99 Å². The van der Waals surface area contributed by atoms with Crippen LogP contribution in [0.15, 0.2) is 59.0 Å². The minimum absolute atomic E-state index is 0.255. The molecule has 1 aromatic heterocycles. The second kappa shape index (κ2) is 5.50. The van der Waals surface area contributed by atoms with Crippen molar-refractivity contribution in [3.05, 3.63) is 59.6 Å². The summed E-state index contributed by atoms with van der Waals surface area (Å²) < 4.78 is 1.20. The lowest BCUT2D eigenvalue weighted by atomic mass is 10.1. The van der Waals surface area contributed by atoms with E-state index in [0.29, 0.717) is 0 Å². The van der Waals surface area contributed by atoms with Crippen molar-refractivity contribution in [2.45, 2.75) is 6.04 Å². The summed E-state index contributed by atoms with van der Waals surface area (Å²) >= 11 is 3.43. The molecule has 0 spiro atoms. The van der Waals surface area contributed by atoms with E-state index < -0.39 is 0 Å². The molecule has 1 N–H and O–H groups in total. The van der Waals surface area contributed by atoms with Gasteiger partial charge in [-0.25, -0.2) is 4.98 Å². The molecule has 104 valence electrons. The van der Waals surface area contributed by atoms with E-state index in [2.05, 4.69) is 46.7 Å². The van der Waals surface area contributed by atoms with Gasteiger partial charge in [0.15, 0.2) is 5.17 Å². The number of thioether (sulfide) groups is 1. The van der Waals surface area contributed by atoms with E-state index in [1.54, 1.807) is 23.1 Å². The Labute approximate surface area is 131 Å². The van der Waals surface area contributed by atoms with Gasteiger partial charge in [0.05, 0.1) is 21.8 Å². The lowest BCUT2D eigenvalue weighted by Gasteiger charge is -2.05. The third-order valence-electron chi connectivity index (χ3n) is 3.42. The van der Waals surface area contributed by atoms with Crippen molar-refractivity contribution < 1.29 is 0 Å². The zero-order valence-corrected chi connectivity index (χ0v) is 12.8.